The first kappa shape index (κ1) is 20.9. The van der Waals surface area contributed by atoms with E-state index in [1.165, 1.54) is 24.5 Å². The van der Waals surface area contributed by atoms with Crippen LogP contribution in [-0.4, -0.2) is 25.0 Å². The Morgan fingerprint density at radius 2 is 1.94 bits per heavy atom. The number of rotatable bonds is 6. The molecule has 0 spiro atoms. The van der Waals surface area contributed by atoms with Gasteiger partial charge in [0.05, 0.1) is 19.1 Å². The molecule has 1 aliphatic heterocycles. The predicted molar refractivity (Wildman–Crippen MR) is 114 cm³/mol. The molecule has 1 fully saturated rings. The number of hydrogen-bond donors (Lipinski definition) is 0. The van der Waals surface area contributed by atoms with Gasteiger partial charge in [-0.2, -0.15) is 0 Å². The van der Waals surface area contributed by atoms with Crippen molar-refractivity contribution in [2.24, 2.45) is 5.92 Å². The first-order chi connectivity index (χ1) is 15.0. The lowest BCUT2D eigenvalue weighted by atomic mass is 9.99. The summed E-state index contributed by atoms with van der Waals surface area (Å²) in [5.41, 5.74) is 1.84. The SMILES string of the molecule is COC(=O)c1ccc(COC(=O)C2CC(=O)N(c3ccc(C)cc3)C2c2cccs2)o1. The minimum atomic E-state index is -0.650. The number of ether oxygens (including phenoxy) is 2. The number of amides is 1. The van der Waals surface area contributed by atoms with Crippen LogP contribution in [0.3, 0.4) is 0 Å². The normalized spacial score (nSPS) is 18.3. The van der Waals surface area contributed by atoms with Gasteiger partial charge < -0.3 is 18.8 Å². The van der Waals surface area contributed by atoms with E-state index in [1.807, 2.05) is 48.7 Å². The smallest absolute Gasteiger partial charge is 0.373 e. The lowest BCUT2D eigenvalue weighted by molar-refractivity contribution is -0.151. The molecule has 2 unspecified atom stereocenters. The zero-order chi connectivity index (χ0) is 22.0. The third kappa shape index (κ3) is 4.25. The van der Waals surface area contributed by atoms with E-state index in [9.17, 15) is 14.4 Å². The van der Waals surface area contributed by atoms with Crippen molar-refractivity contribution in [2.75, 3.05) is 12.0 Å². The van der Waals surface area contributed by atoms with Crippen LogP contribution in [0, 0.1) is 12.8 Å². The Kier molecular flexibility index (Phi) is 5.90. The highest BCUT2D eigenvalue weighted by molar-refractivity contribution is 7.10. The molecule has 0 radical (unpaired) electrons. The molecule has 31 heavy (non-hydrogen) atoms. The van der Waals surface area contributed by atoms with Crippen LogP contribution in [0.2, 0.25) is 0 Å². The second-order valence-corrected chi connectivity index (χ2v) is 8.21. The van der Waals surface area contributed by atoms with Gasteiger partial charge in [-0.05, 0) is 42.6 Å². The molecule has 0 N–H and O–H groups in total. The predicted octanol–water partition coefficient (Wildman–Crippen LogP) is 4.27. The number of nitrogens with zero attached hydrogens (tertiary/aromatic N) is 1. The Labute approximate surface area is 183 Å². The van der Waals surface area contributed by atoms with Crippen LogP contribution in [0.4, 0.5) is 5.69 Å². The maximum atomic E-state index is 13.0. The van der Waals surface area contributed by atoms with E-state index in [2.05, 4.69) is 4.74 Å². The fourth-order valence-electron chi connectivity index (χ4n) is 3.66. The summed E-state index contributed by atoms with van der Waals surface area (Å²) in [6.07, 6.45) is 0.0564. The van der Waals surface area contributed by atoms with Crippen LogP contribution >= 0.6 is 11.3 Å². The number of methoxy groups -OCH3 is 1. The summed E-state index contributed by atoms with van der Waals surface area (Å²) in [5.74, 6) is -1.52. The molecular formula is C23H21NO6S. The topological polar surface area (TPSA) is 86.0 Å². The highest BCUT2D eigenvalue weighted by Gasteiger charge is 2.46. The summed E-state index contributed by atoms with van der Waals surface area (Å²) in [4.78, 5) is 40.0. The van der Waals surface area contributed by atoms with Gasteiger partial charge in [0.25, 0.3) is 0 Å². The van der Waals surface area contributed by atoms with Crippen LogP contribution in [0.1, 0.15) is 39.2 Å². The molecule has 0 aliphatic carbocycles. The molecular weight excluding hydrogens is 418 g/mol. The van der Waals surface area contributed by atoms with Crippen LogP contribution in [0.25, 0.3) is 0 Å². The summed E-state index contributed by atoms with van der Waals surface area (Å²) in [5, 5.41) is 1.92. The number of furan rings is 1. The van der Waals surface area contributed by atoms with Crippen LogP contribution in [0.15, 0.2) is 58.3 Å². The largest absolute Gasteiger partial charge is 0.463 e. The molecule has 7 nitrogen and oxygen atoms in total. The molecule has 2 atom stereocenters. The average Bonchev–Trinajstić information content (AvgIpc) is 3.52. The van der Waals surface area contributed by atoms with Gasteiger partial charge in [-0.25, -0.2) is 4.79 Å². The number of carbonyl (C=O) groups is 3. The Morgan fingerprint density at radius 1 is 1.16 bits per heavy atom. The van der Waals surface area contributed by atoms with Crippen molar-refractivity contribution in [1.82, 2.24) is 0 Å². The summed E-state index contributed by atoms with van der Waals surface area (Å²) in [6, 6.07) is 14.0. The monoisotopic (exact) mass is 439 g/mol. The average molecular weight is 439 g/mol. The molecule has 0 saturated carbocycles. The Morgan fingerprint density at radius 3 is 2.61 bits per heavy atom. The van der Waals surface area contributed by atoms with E-state index in [0.29, 0.717) is 5.76 Å². The molecule has 4 rings (SSSR count). The Bertz CT molecular complexity index is 1090. The van der Waals surface area contributed by atoms with Crippen molar-refractivity contribution < 1.29 is 28.3 Å². The summed E-state index contributed by atoms with van der Waals surface area (Å²) in [7, 11) is 1.26. The lowest BCUT2D eigenvalue weighted by Crippen LogP contribution is -2.30. The second kappa shape index (κ2) is 8.77. The number of benzene rings is 1. The quantitative estimate of drug-likeness (QED) is 0.533. The van der Waals surface area contributed by atoms with Crippen molar-refractivity contribution in [3.63, 3.8) is 0 Å². The van der Waals surface area contributed by atoms with Gasteiger partial charge in [0, 0.05) is 17.0 Å². The number of aryl methyl sites for hydroxylation is 1. The minimum absolute atomic E-state index is 0.0339. The zero-order valence-corrected chi connectivity index (χ0v) is 17.9. The van der Waals surface area contributed by atoms with E-state index < -0.39 is 23.9 Å². The van der Waals surface area contributed by atoms with Crippen LogP contribution in [-0.2, 0) is 25.7 Å². The molecule has 1 saturated heterocycles. The van der Waals surface area contributed by atoms with Crippen LogP contribution < -0.4 is 4.90 Å². The highest BCUT2D eigenvalue weighted by atomic mass is 32.1. The van der Waals surface area contributed by atoms with Gasteiger partial charge in [-0.3, -0.25) is 9.59 Å². The molecule has 3 heterocycles. The molecule has 2 aromatic heterocycles. The molecule has 3 aromatic rings. The maximum Gasteiger partial charge on any atom is 0.373 e. The molecule has 1 aliphatic rings. The molecule has 1 amide bonds. The number of thiophene rings is 1. The van der Waals surface area contributed by atoms with Gasteiger partial charge in [-0.1, -0.05) is 23.8 Å². The number of esters is 2. The third-order valence-electron chi connectivity index (χ3n) is 5.18. The second-order valence-electron chi connectivity index (χ2n) is 7.24. The van der Waals surface area contributed by atoms with Gasteiger partial charge in [0.2, 0.25) is 11.7 Å². The Hall–Kier alpha value is -3.39. The first-order valence-corrected chi connectivity index (χ1v) is 10.6. The van der Waals surface area contributed by atoms with Gasteiger partial charge in [0.1, 0.15) is 12.4 Å². The number of carbonyl (C=O) groups excluding carboxylic acids is 3. The van der Waals surface area contributed by atoms with E-state index in [0.717, 1.165) is 16.1 Å². The fourth-order valence-corrected chi connectivity index (χ4v) is 4.54. The zero-order valence-electron chi connectivity index (χ0n) is 17.1. The van der Waals surface area contributed by atoms with Crippen molar-refractivity contribution in [2.45, 2.75) is 26.0 Å². The van der Waals surface area contributed by atoms with E-state index in [-0.39, 0.29) is 24.7 Å². The molecule has 0 bridgehead atoms. The summed E-state index contributed by atoms with van der Waals surface area (Å²) in [6.45, 7) is 1.84. The molecule has 160 valence electrons. The van der Waals surface area contributed by atoms with E-state index >= 15 is 0 Å². The summed E-state index contributed by atoms with van der Waals surface area (Å²) < 4.78 is 15.4. The standard InChI is InChI=1S/C23H21NO6S/c1-14-5-7-15(8-6-14)24-20(25)12-17(21(24)19-4-3-11-31-19)22(26)29-13-16-9-10-18(30-16)23(27)28-2/h3-11,17,21H,12-13H2,1-2H3. The number of anilines is 1. The molecule has 8 heteroatoms. The highest BCUT2D eigenvalue weighted by Crippen LogP contribution is 2.43. The Balaban J connectivity index is 1.54. The first-order valence-electron chi connectivity index (χ1n) is 9.73. The van der Waals surface area contributed by atoms with E-state index in [4.69, 9.17) is 9.15 Å². The van der Waals surface area contributed by atoms with E-state index in [1.54, 1.807) is 11.0 Å². The van der Waals surface area contributed by atoms with Crippen molar-refractivity contribution in [1.29, 1.82) is 0 Å². The third-order valence-corrected chi connectivity index (χ3v) is 6.12. The number of hydrogen-bond acceptors (Lipinski definition) is 7. The minimum Gasteiger partial charge on any atom is -0.463 e. The van der Waals surface area contributed by atoms with Crippen LogP contribution in [0.5, 0.6) is 0 Å². The van der Waals surface area contributed by atoms with Crippen molar-refractivity contribution in [3.05, 3.63) is 75.9 Å². The van der Waals surface area contributed by atoms with Gasteiger partial charge >= 0.3 is 11.9 Å². The van der Waals surface area contributed by atoms with Gasteiger partial charge in [-0.15, -0.1) is 11.3 Å². The maximum absolute atomic E-state index is 13.0. The fraction of sp³-hybridized carbons (Fsp3) is 0.261. The summed E-state index contributed by atoms with van der Waals surface area (Å²) >= 11 is 1.50. The lowest BCUT2D eigenvalue weighted by Gasteiger charge is -2.27. The van der Waals surface area contributed by atoms with Gasteiger partial charge in [0.15, 0.2) is 0 Å². The van der Waals surface area contributed by atoms with Crippen molar-refractivity contribution >= 4 is 34.9 Å². The molecule has 1 aromatic carbocycles. The van der Waals surface area contributed by atoms with Crippen molar-refractivity contribution in [3.8, 4) is 0 Å².